The maximum absolute atomic E-state index is 12.1. The molecule has 0 aliphatic carbocycles. The van der Waals surface area contributed by atoms with Gasteiger partial charge in [0, 0.05) is 18.5 Å². The van der Waals surface area contributed by atoms with Gasteiger partial charge in [-0.25, -0.2) is 0 Å². The predicted octanol–water partition coefficient (Wildman–Crippen LogP) is 4.63. The van der Waals surface area contributed by atoms with Crippen LogP contribution in [0.15, 0.2) is 48.5 Å². The smallest absolute Gasteiger partial charge is 0.220 e. The molecule has 0 unspecified atom stereocenters. The number of amides is 1. The van der Waals surface area contributed by atoms with E-state index in [0.717, 1.165) is 17.7 Å². The summed E-state index contributed by atoms with van der Waals surface area (Å²) < 4.78 is 5.59. The largest absolute Gasteiger partial charge is 0.494 e. The van der Waals surface area contributed by atoms with Crippen molar-refractivity contribution >= 4 is 5.91 Å². The molecule has 0 saturated heterocycles. The Labute approximate surface area is 151 Å². The zero-order valence-corrected chi connectivity index (χ0v) is 15.8. The third-order valence-corrected chi connectivity index (χ3v) is 4.21. The number of hydrogen-bond acceptors (Lipinski definition) is 2. The molecule has 0 spiro atoms. The van der Waals surface area contributed by atoms with Gasteiger partial charge in [-0.2, -0.15) is 0 Å². The second-order valence-electron chi connectivity index (χ2n) is 7.26. The van der Waals surface area contributed by atoms with Gasteiger partial charge in [-0.05, 0) is 36.0 Å². The van der Waals surface area contributed by atoms with Crippen molar-refractivity contribution in [3.8, 4) is 5.75 Å². The van der Waals surface area contributed by atoms with E-state index in [0.29, 0.717) is 19.6 Å². The van der Waals surface area contributed by atoms with E-state index in [9.17, 15) is 4.79 Å². The van der Waals surface area contributed by atoms with Crippen LogP contribution < -0.4 is 10.1 Å². The van der Waals surface area contributed by atoms with Crippen LogP contribution in [0, 0.1) is 0 Å². The van der Waals surface area contributed by atoms with Crippen LogP contribution in [0.25, 0.3) is 0 Å². The summed E-state index contributed by atoms with van der Waals surface area (Å²) in [5, 5.41) is 2.98. The highest BCUT2D eigenvalue weighted by Gasteiger charge is 2.13. The van der Waals surface area contributed by atoms with E-state index >= 15 is 0 Å². The minimum atomic E-state index is 0.0613. The summed E-state index contributed by atoms with van der Waals surface area (Å²) in [4.78, 5) is 12.1. The van der Waals surface area contributed by atoms with Crippen LogP contribution in [0.5, 0.6) is 5.75 Å². The van der Waals surface area contributed by atoms with Crippen molar-refractivity contribution in [3.05, 3.63) is 65.2 Å². The fraction of sp³-hybridized carbons (Fsp3) is 0.409. The van der Waals surface area contributed by atoms with Crippen LogP contribution in [0.2, 0.25) is 0 Å². The number of nitrogens with one attached hydrogen (secondary N) is 1. The van der Waals surface area contributed by atoms with Crippen molar-refractivity contribution in [2.45, 2.75) is 52.5 Å². The monoisotopic (exact) mass is 339 g/mol. The van der Waals surface area contributed by atoms with Gasteiger partial charge >= 0.3 is 0 Å². The number of carbonyl (C=O) groups is 1. The molecule has 0 aliphatic heterocycles. The minimum Gasteiger partial charge on any atom is -0.494 e. The molecular weight excluding hydrogens is 310 g/mol. The van der Waals surface area contributed by atoms with E-state index in [1.165, 1.54) is 11.1 Å². The molecule has 134 valence electrons. The second-order valence-corrected chi connectivity index (χ2v) is 7.26. The number of aryl methyl sites for hydroxylation is 1. The molecule has 2 aromatic carbocycles. The highest BCUT2D eigenvalue weighted by atomic mass is 16.5. The number of carbonyl (C=O) groups excluding carboxylic acids is 1. The Hall–Kier alpha value is -2.29. The van der Waals surface area contributed by atoms with Gasteiger partial charge in [-0.15, -0.1) is 0 Å². The van der Waals surface area contributed by atoms with Crippen molar-refractivity contribution in [2.24, 2.45) is 0 Å². The van der Waals surface area contributed by atoms with Gasteiger partial charge in [0.15, 0.2) is 0 Å². The summed E-state index contributed by atoms with van der Waals surface area (Å²) in [6.07, 6.45) is 1.25. The Kier molecular flexibility index (Phi) is 6.63. The van der Waals surface area contributed by atoms with Crippen molar-refractivity contribution in [2.75, 3.05) is 6.61 Å². The summed E-state index contributed by atoms with van der Waals surface area (Å²) >= 11 is 0. The lowest BCUT2D eigenvalue weighted by Crippen LogP contribution is -2.23. The summed E-state index contributed by atoms with van der Waals surface area (Å²) in [7, 11) is 0. The summed E-state index contributed by atoms with van der Waals surface area (Å²) in [5.74, 6) is 0.897. The molecular formula is C22H29NO2. The Morgan fingerprint density at radius 2 is 1.72 bits per heavy atom. The van der Waals surface area contributed by atoms with E-state index in [-0.39, 0.29) is 11.3 Å². The van der Waals surface area contributed by atoms with E-state index in [4.69, 9.17) is 4.74 Å². The van der Waals surface area contributed by atoms with Gasteiger partial charge < -0.3 is 10.1 Å². The first-order valence-corrected chi connectivity index (χ1v) is 8.97. The van der Waals surface area contributed by atoms with Crippen LogP contribution in [-0.4, -0.2) is 12.5 Å². The van der Waals surface area contributed by atoms with E-state index in [2.05, 4.69) is 50.4 Å². The molecule has 3 heteroatoms. The molecule has 2 rings (SSSR count). The summed E-state index contributed by atoms with van der Waals surface area (Å²) in [6.45, 7) is 9.69. The van der Waals surface area contributed by atoms with E-state index in [1.807, 2.05) is 31.2 Å². The lowest BCUT2D eigenvalue weighted by atomic mass is 9.86. The zero-order chi connectivity index (χ0) is 18.3. The van der Waals surface area contributed by atoms with E-state index in [1.54, 1.807) is 0 Å². The maximum atomic E-state index is 12.1. The Balaban J connectivity index is 1.83. The standard InChI is InChI=1S/C22H29NO2/c1-5-25-20-9-7-6-8-18(20)16-23-21(24)15-12-17-10-13-19(14-11-17)22(2,3)4/h6-11,13-14H,5,12,15-16H2,1-4H3,(H,23,24). The summed E-state index contributed by atoms with van der Waals surface area (Å²) in [5.41, 5.74) is 3.67. The number of para-hydroxylation sites is 1. The van der Waals surface area contributed by atoms with Crippen molar-refractivity contribution in [1.29, 1.82) is 0 Å². The molecule has 0 saturated carbocycles. The lowest BCUT2D eigenvalue weighted by molar-refractivity contribution is -0.121. The third-order valence-electron chi connectivity index (χ3n) is 4.21. The van der Waals surface area contributed by atoms with Crippen molar-refractivity contribution in [3.63, 3.8) is 0 Å². The molecule has 0 aliphatic rings. The molecule has 3 nitrogen and oxygen atoms in total. The van der Waals surface area contributed by atoms with Gasteiger partial charge in [0.25, 0.3) is 0 Å². The highest BCUT2D eigenvalue weighted by Crippen LogP contribution is 2.22. The van der Waals surface area contributed by atoms with Gasteiger partial charge in [-0.1, -0.05) is 63.2 Å². The van der Waals surface area contributed by atoms with Gasteiger partial charge in [0.1, 0.15) is 5.75 Å². The van der Waals surface area contributed by atoms with Crippen LogP contribution in [0.1, 0.15) is 50.8 Å². The highest BCUT2D eigenvalue weighted by molar-refractivity contribution is 5.76. The first-order valence-electron chi connectivity index (χ1n) is 8.97. The summed E-state index contributed by atoms with van der Waals surface area (Å²) in [6, 6.07) is 16.4. The molecule has 0 bridgehead atoms. The molecule has 0 radical (unpaired) electrons. The number of ether oxygens (including phenoxy) is 1. The van der Waals surface area contributed by atoms with Crippen LogP contribution in [0.4, 0.5) is 0 Å². The third kappa shape index (κ3) is 5.93. The maximum Gasteiger partial charge on any atom is 0.220 e. The number of benzene rings is 2. The molecule has 25 heavy (non-hydrogen) atoms. The molecule has 1 amide bonds. The minimum absolute atomic E-state index is 0.0613. The quantitative estimate of drug-likeness (QED) is 0.798. The lowest BCUT2D eigenvalue weighted by Gasteiger charge is -2.19. The van der Waals surface area contributed by atoms with Crippen LogP contribution in [0.3, 0.4) is 0 Å². The fourth-order valence-electron chi connectivity index (χ4n) is 2.66. The average Bonchev–Trinajstić information content (AvgIpc) is 2.59. The first-order chi connectivity index (χ1) is 11.9. The average molecular weight is 339 g/mol. The molecule has 0 heterocycles. The van der Waals surface area contributed by atoms with Gasteiger partial charge in [0.05, 0.1) is 6.61 Å². The van der Waals surface area contributed by atoms with Crippen molar-refractivity contribution < 1.29 is 9.53 Å². The topological polar surface area (TPSA) is 38.3 Å². The molecule has 2 aromatic rings. The predicted molar refractivity (Wildman–Crippen MR) is 103 cm³/mol. The zero-order valence-electron chi connectivity index (χ0n) is 15.8. The number of rotatable bonds is 7. The van der Waals surface area contributed by atoms with Crippen LogP contribution >= 0.6 is 0 Å². The normalized spacial score (nSPS) is 11.2. The Morgan fingerprint density at radius 1 is 1.04 bits per heavy atom. The second kappa shape index (κ2) is 8.70. The first kappa shape index (κ1) is 19.0. The molecule has 0 atom stereocenters. The molecule has 1 N–H and O–H groups in total. The van der Waals surface area contributed by atoms with Crippen LogP contribution in [-0.2, 0) is 23.2 Å². The molecule has 0 fully saturated rings. The Morgan fingerprint density at radius 3 is 2.36 bits per heavy atom. The Bertz CT molecular complexity index is 684. The SMILES string of the molecule is CCOc1ccccc1CNC(=O)CCc1ccc(C(C)(C)C)cc1. The number of hydrogen-bond donors (Lipinski definition) is 1. The van der Waals surface area contributed by atoms with E-state index < -0.39 is 0 Å². The van der Waals surface area contributed by atoms with Crippen molar-refractivity contribution in [1.82, 2.24) is 5.32 Å². The molecule has 0 aromatic heterocycles. The fourth-order valence-corrected chi connectivity index (χ4v) is 2.66. The van der Waals surface area contributed by atoms with Gasteiger partial charge in [-0.3, -0.25) is 4.79 Å². The van der Waals surface area contributed by atoms with Gasteiger partial charge in [0.2, 0.25) is 5.91 Å².